The van der Waals surface area contributed by atoms with Gasteiger partial charge in [0.1, 0.15) is 34.6 Å². The number of anilines is 2. The molecule has 3 aromatic carbocycles. The zero-order chi connectivity index (χ0) is 48.3. The number of fused-ring (bicyclic) bond motifs is 3. The minimum Gasteiger partial charge on any atom is -0.508 e. The Labute approximate surface area is 404 Å². The molecule has 366 valence electrons. The number of piperazine rings is 1. The molecule has 6 aliphatic rings. The first-order chi connectivity index (χ1) is 33.9. The first-order valence-corrected chi connectivity index (χ1v) is 24.8. The zero-order valence-electron chi connectivity index (χ0n) is 39.4. The van der Waals surface area contributed by atoms with Crippen LogP contribution in [0.15, 0.2) is 48.7 Å². The third kappa shape index (κ3) is 8.95. The number of amides is 4. The van der Waals surface area contributed by atoms with Crippen LogP contribution in [0.2, 0.25) is 0 Å². The molecule has 5 aliphatic heterocycles. The van der Waals surface area contributed by atoms with E-state index in [-0.39, 0.29) is 64.6 Å². The number of halogens is 2. The van der Waals surface area contributed by atoms with Crippen LogP contribution in [-0.2, 0) is 27.3 Å². The monoisotopic (exact) mass is 956 g/mol. The maximum absolute atomic E-state index is 17.1. The molecule has 18 heteroatoms. The van der Waals surface area contributed by atoms with Crippen molar-refractivity contribution in [3.8, 4) is 23.0 Å². The number of rotatable bonds is 12. The Bertz CT molecular complexity index is 2920. The molecule has 11 rings (SSSR count). The van der Waals surface area contributed by atoms with E-state index in [2.05, 4.69) is 41.4 Å². The second kappa shape index (κ2) is 18.7. The predicted molar refractivity (Wildman–Crippen MR) is 259 cm³/mol. The van der Waals surface area contributed by atoms with Crippen molar-refractivity contribution in [2.24, 2.45) is 11.3 Å². The average Bonchev–Trinajstić information content (AvgIpc) is 4.10. The number of aromatic hydroxyl groups is 1. The molecule has 1 atom stereocenters. The van der Waals surface area contributed by atoms with Crippen molar-refractivity contribution in [3.05, 3.63) is 77.0 Å². The number of pyridine rings is 1. The van der Waals surface area contributed by atoms with Crippen LogP contribution >= 0.6 is 0 Å². The van der Waals surface area contributed by atoms with Gasteiger partial charge in [-0.3, -0.25) is 34.4 Å². The van der Waals surface area contributed by atoms with Gasteiger partial charge in [0.25, 0.3) is 5.91 Å². The summed E-state index contributed by atoms with van der Waals surface area (Å²) in [5.41, 5.74) is 3.08. The van der Waals surface area contributed by atoms with Gasteiger partial charge in [-0.2, -0.15) is 9.97 Å². The number of hydrogen-bond acceptors (Lipinski definition) is 13. The molecular formula is C52H58F2N10O6. The van der Waals surface area contributed by atoms with Gasteiger partial charge in [-0.1, -0.05) is 13.0 Å². The molecule has 3 N–H and O–H groups in total. The van der Waals surface area contributed by atoms with E-state index in [0.29, 0.717) is 84.5 Å². The van der Waals surface area contributed by atoms with Crippen molar-refractivity contribution in [3.63, 3.8) is 0 Å². The SMILES string of the molecule is CCc1c(F)ccc2cc(O)cc(-c3ncc4c(N5CCCNC(=O)C5)nc(OCC5(CN6CCC(CN7CCN(c8ccc9c(c8)CN([C@H]8CCC(=O)NC8=O)C9=O)CC7)CC6)CC5)nc4c3F)c12. The summed E-state index contributed by atoms with van der Waals surface area (Å²) in [4.78, 5) is 75.1. The quantitative estimate of drug-likeness (QED) is 0.140. The first kappa shape index (κ1) is 45.9. The van der Waals surface area contributed by atoms with Gasteiger partial charge in [0.05, 0.1) is 18.5 Å². The summed E-state index contributed by atoms with van der Waals surface area (Å²) in [5, 5.41) is 17.3. The highest BCUT2D eigenvalue weighted by Crippen LogP contribution is 2.47. The molecule has 1 saturated carbocycles. The third-order valence-electron chi connectivity index (χ3n) is 15.5. The molecule has 70 heavy (non-hydrogen) atoms. The van der Waals surface area contributed by atoms with Crippen LogP contribution in [0.4, 0.5) is 20.3 Å². The summed E-state index contributed by atoms with van der Waals surface area (Å²) in [6.07, 6.45) is 7.28. The number of carbonyl (C=O) groups is 4. The van der Waals surface area contributed by atoms with E-state index in [1.807, 2.05) is 24.0 Å². The van der Waals surface area contributed by atoms with Gasteiger partial charge in [-0.05, 0) is 122 Å². The average molecular weight is 957 g/mol. The molecule has 5 fully saturated rings. The first-order valence-electron chi connectivity index (χ1n) is 24.8. The maximum atomic E-state index is 17.1. The second-order valence-corrected chi connectivity index (χ2v) is 20.1. The van der Waals surface area contributed by atoms with Gasteiger partial charge in [0.2, 0.25) is 17.7 Å². The molecule has 0 radical (unpaired) electrons. The summed E-state index contributed by atoms with van der Waals surface area (Å²) in [6.45, 7) is 11.2. The molecule has 16 nitrogen and oxygen atoms in total. The summed E-state index contributed by atoms with van der Waals surface area (Å²) in [6, 6.07) is 11.2. The van der Waals surface area contributed by atoms with Gasteiger partial charge in [0.15, 0.2) is 5.82 Å². The summed E-state index contributed by atoms with van der Waals surface area (Å²) >= 11 is 0. The summed E-state index contributed by atoms with van der Waals surface area (Å²) < 4.78 is 38.7. The van der Waals surface area contributed by atoms with E-state index in [0.717, 1.165) is 89.3 Å². The van der Waals surface area contributed by atoms with Crippen LogP contribution in [0.3, 0.4) is 0 Å². The van der Waals surface area contributed by atoms with Gasteiger partial charge in [-0.15, -0.1) is 0 Å². The summed E-state index contributed by atoms with van der Waals surface area (Å²) in [7, 11) is 0. The molecule has 0 bridgehead atoms. The lowest BCUT2D eigenvalue weighted by molar-refractivity contribution is -0.137. The summed E-state index contributed by atoms with van der Waals surface area (Å²) in [5.74, 6) is -1.35. The Kier molecular flexibility index (Phi) is 12.2. The fraction of sp³-hybridized carbons (Fsp3) is 0.481. The number of piperidine rings is 2. The van der Waals surface area contributed by atoms with E-state index in [4.69, 9.17) is 9.72 Å². The Morgan fingerprint density at radius 3 is 2.44 bits per heavy atom. The lowest BCUT2D eigenvalue weighted by Crippen LogP contribution is -2.52. The second-order valence-electron chi connectivity index (χ2n) is 20.1. The molecule has 0 unspecified atom stereocenters. The highest BCUT2D eigenvalue weighted by molar-refractivity contribution is 6.06. The van der Waals surface area contributed by atoms with Crippen molar-refractivity contribution in [2.75, 3.05) is 88.4 Å². The van der Waals surface area contributed by atoms with E-state index < -0.39 is 23.6 Å². The van der Waals surface area contributed by atoms with Gasteiger partial charge in [0, 0.05) is 93.7 Å². The van der Waals surface area contributed by atoms with Crippen molar-refractivity contribution >= 4 is 56.8 Å². The molecule has 4 saturated heterocycles. The topological polar surface area (TPSA) is 177 Å². The number of imide groups is 1. The number of nitrogens with one attached hydrogen (secondary N) is 2. The zero-order valence-corrected chi connectivity index (χ0v) is 39.4. The molecule has 4 amide bonds. The molecule has 5 aromatic rings. The number of aromatic nitrogens is 3. The van der Waals surface area contributed by atoms with E-state index >= 15 is 8.78 Å². The number of benzene rings is 3. The fourth-order valence-electron chi connectivity index (χ4n) is 11.4. The van der Waals surface area contributed by atoms with Crippen molar-refractivity contribution in [1.29, 1.82) is 0 Å². The van der Waals surface area contributed by atoms with E-state index in [1.165, 1.54) is 24.4 Å². The van der Waals surface area contributed by atoms with Crippen molar-refractivity contribution < 1.29 is 37.8 Å². The number of phenols is 1. The van der Waals surface area contributed by atoms with Crippen LogP contribution in [0.1, 0.15) is 73.4 Å². The minimum absolute atomic E-state index is 0.0112. The number of nitrogens with zero attached hydrogens (tertiary/aromatic N) is 8. The normalized spacial score (nSPS) is 21.3. The molecule has 2 aromatic heterocycles. The molecule has 1 aliphatic carbocycles. The largest absolute Gasteiger partial charge is 0.508 e. The fourth-order valence-corrected chi connectivity index (χ4v) is 11.4. The lowest BCUT2D eigenvalue weighted by Gasteiger charge is -2.40. The van der Waals surface area contributed by atoms with Gasteiger partial charge >= 0.3 is 6.01 Å². The van der Waals surface area contributed by atoms with Crippen LogP contribution in [0.5, 0.6) is 11.8 Å². The molecule has 0 spiro atoms. The highest BCUT2D eigenvalue weighted by atomic mass is 19.1. The number of likely N-dealkylation sites (tertiary alicyclic amines) is 1. The van der Waals surface area contributed by atoms with Crippen LogP contribution < -0.4 is 25.2 Å². The third-order valence-corrected chi connectivity index (χ3v) is 15.5. The van der Waals surface area contributed by atoms with E-state index in [1.54, 1.807) is 11.0 Å². The Morgan fingerprint density at radius 2 is 1.67 bits per heavy atom. The van der Waals surface area contributed by atoms with Crippen LogP contribution in [0, 0.1) is 23.0 Å². The number of carbonyl (C=O) groups excluding carboxylic acids is 4. The Morgan fingerprint density at radius 1 is 0.857 bits per heavy atom. The molecular weight excluding hydrogens is 899 g/mol. The highest BCUT2D eigenvalue weighted by Gasteiger charge is 2.46. The minimum atomic E-state index is -0.756. The Balaban J connectivity index is 0.723. The number of hydrogen-bond donors (Lipinski definition) is 3. The lowest BCUT2D eigenvalue weighted by atomic mass is 9.94. The van der Waals surface area contributed by atoms with Gasteiger partial charge < -0.3 is 34.8 Å². The number of ether oxygens (including phenoxy) is 1. The van der Waals surface area contributed by atoms with Crippen LogP contribution in [0.25, 0.3) is 32.9 Å². The smallest absolute Gasteiger partial charge is 0.319 e. The number of aryl methyl sites for hydroxylation is 1. The molecule has 7 heterocycles. The number of phenolic OH excluding ortho intramolecular Hbond substituents is 1. The van der Waals surface area contributed by atoms with Crippen molar-refractivity contribution in [1.82, 2.24) is 40.3 Å². The predicted octanol–water partition coefficient (Wildman–Crippen LogP) is 5.17. The Hall–Kier alpha value is -6.53. The maximum Gasteiger partial charge on any atom is 0.319 e. The van der Waals surface area contributed by atoms with Gasteiger partial charge in [-0.25, -0.2) is 8.78 Å². The standard InChI is InChI=1S/C52H58F2N10O6/c1-2-36-40(53)7-4-32-23-35(65)24-38(44(32)36)46-45(54)47-39(25-56-46)48(63-15-3-14-55-43(67)28-63)59-51(58-47)70-30-52(12-13-52)29-61-16-10-31(11-17-61)26-60-18-20-62(21-19-60)34-5-6-37-33(22-34)27-64(50(37)69)41-8-9-42(66)57-49(41)68/h4-7,22-25,31,41,65H,2-3,8-21,26-30H2,1H3,(H,55,67)(H,57,66,68)/t41-/m0/s1. The van der Waals surface area contributed by atoms with E-state index in [9.17, 15) is 24.3 Å². The van der Waals surface area contributed by atoms with Crippen LogP contribution in [-0.4, -0.2) is 143 Å². The van der Waals surface area contributed by atoms with Crippen molar-refractivity contribution in [2.45, 2.75) is 70.9 Å².